The van der Waals surface area contributed by atoms with Crippen molar-refractivity contribution in [2.24, 2.45) is 0 Å². The van der Waals surface area contributed by atoms with E-state index in [2.05, 4.69) is 18.7 Å². The van der Waals surface area contributed by atoms with Crippen molar-refractivity contribution in [3.05, 3.63) is 59.7 Å². The normalized spacial score (nSPS) is 11.3. The highest BCUT2D eigenvalue weighted by Crippen LogP contribution is 2.28. The number of aromatic hydroxyl groups is 1. The van der Waals surface area contributed by atoms with Crippen LogP contribution >= 0.6 is 0 Å². The lowest BCUT2D eigenvalue weighted by molar-refractivity contribution is -0.111. The number of carbonyl (C=O) groups excluding carboxylic acids is 1. The van der Waals surface area contributed by atoms with E-state index in [1.165, 1.54) is 0 Å². The van der Waals surface area contributed by atoms with Gasteiger partial charge in [0.15, 0.2) is 5.78 Å². The number of hydrogen-bond donors (Lipinski definition) is 1. The van der Waals surface area contributed by atoms with Gasteiger partial charge in [0.2, 0.25) is 0 Å². The average molecular weight is 309 g/mol. The molecule has 2 rings (SSSR count). The summed E-state index contributed by atoms with van der Waals surface area (Å²) in [6.07, 6.45) is 1.75. The lowest BCUT2D eigenvalue weighted by atomic mass is 9.99. The molecule has 0 bridgehead atoms. The van der Waals surface area contributed by atoms with Crippen LogP contribution in [0.3, 0.4) is 0 Å². The summed E-state index contributed by atoms with van der Waals surface area (Å²) < 4.78 is 0. The van der Waals surface area contributed by atoms with Crippen molar-refractivity contribution >= 4 is 23.1 Å². The molecule has 0 heterocycles. The summed E-state index contributed by atoms with van der Waals surface area (Å²) in [6, 6.07) is 15.1. The van der Waals surface area contributed by atoms with E-state index in [0.717, 1.165) is 24.3 Å². The first kappa shape index (κ1) is 16.8. The van der Waals surface area contributed by atoms with Gasteiger partial charge in [0.25, 0.3) is 0 Å². The Morgan fingerprint density at radius 1 is 1.09 bits per heavy atom. The predicted molar refractivity (Wildman–Crippen MR) is 96.7 cm³/mol. The Morgan fingerprint density at radius 3 is 2.26 bits per heavy atom. The van der Waals surface area contributed by atoms with Crippen LogP contribution in [0.4, 0.5) is 5.69 Å². The van der Waals surface area contributed by atoms with Crippen molar-refractivity contribution < 1.29 is 9.90 Å². The van der Waals surface area contributed by atoms with Crippen LogP contribution in [-0.4, -0.2) is 24.0 Å². The zero-order valence-corrected chi connectivity index (χ0v) is 13.9. The number of phenols is 1. The zero-order valence-electron chi connectivity index (χ0n) is 13.9. The molecule has 0 unspecified atom stereocenters. The first-order valence-corrected chi connectivity index (χ1v) is 7.92. The van der Waals surface area contributed by atoms with E-state index in [4.69, 9.17) is 0 Å². The number of hydrogen-bond acceptors (Lipinski definition) is 3. The SMILES string of the molecule is CCN(CC)c1ccc(/C=C(/C(C)=O)c2ccccc2)c(O)c1. The van der Waals surface area contributed by atoms with Gasteiger partial charge in [0, 0.05) is 36.0 Å². The van der Waals surface area contributed by atoms with Crippen LogP contribution in [0.5, 0.6) is 5.75 Å². The molecule has 0 aliphatic rings. The zero-order chi connectivity index (χ0) is 16.8. The van der Waals surface area contributed by atoms with Crippen LogP contribution in [0, 0.1) is 0 Å². The van der Waals surface area contributed by atoms with Gasteiger partial charge in [-0.1, -0.05) is 30.3 Å². The fourth-order valence-corrected chi connectivity index (χ4v) is 2.60. The molecule has 0 aromatic heterocycles. The minimum absolute atomic E-state index is 0.0246. The fraction of sp³-hybridized carbons (Fsp3) is 0.250. The van der Waals surface area contributed by atoms with Gasteiger partial charge in [-0.25, -0.2) is 0 Å². The molecule has 0 aliphatic heterocycles. The predicted octanol–water partition coefficient (Wildman–Crippen LogP) is 4.37. The standard InChI is InChI=1S/C20H23NO2/c1-4-21(5-2)18-12-11-17(20(23)14-18)13-19(15(3)22)16-9-7-6-8-10-16/h6-14,23H,4-5H2,1-3H3/b19-13-. The van der Waals surface area contributed by atoms with Crippen molar-refractivity contribution in [3.63, 3.8) is 0 Å². The molecule has 0 amide bonds. The van der Waals surface area contributed by atoms with Crippen molar-refractivity contribution in [2.75, 3.05) is 18.0 Å². The van der Waals surface area contributed by atoms with Gasteiger partial charge < -0.3 is 10.0 Å². The number of carbonyl (C=O) groups is 1. The van der Waals surface area contributed by atoms with Crippen LogP contribution in [0.2, 0.25) is 0 Å². The third-order valence-corrected chi connectivity index (χ3v) is 3.91. The number of phenolic OH excluding ortho intramolecular Hbond substituents is 1. The Balaban J connectivity index is 2.42. The summed E-state index contributed by atoms with van der Waals surface area (Å²) in [6.45, 7) is 7.47. The van der Waals surface area contributed by atoms with E-state index in [1.807, 2.05) is 42.5 Å². The number of allylic oxidation sites excluding steroid dienone is 1. The maximum atomic E-state index is 12.0. The van der Waals surface area contributed by atoms with Crippen LogP contribution in [0.15, 0.2) is 48.5 Å². The lowest BCUT2D eigenvalue weighted by Gasteiger charge is -2.21. The highest BCUT2D eigenvalue weighted by atomic mass is 16.3. The molecule has 0 atom stereocenters. The molecular weight excluding hydrogens is 286 g/mol. The second-order valence-corrected chi connectivity index (χ2v) is 5.40. The first-order chi connectivity index (χ1) is 11.1. The van der Waals surface area contributed by atoms with Gasteiger partial charge in [-0.3, -0.25) is 4.79 Å². The topological polar surface area (TPSA) is 40.5 Å². The Hall–Kier alpha value is -2.55. The van der Waals surface area contributed by atoms with Crippen LogP contribution in [0.1, 0.15) is 31.9 Å². The second-order valence-electron chi connectivity index (χ2n) is 5.40. The van der Waals surface area contributed by atoms with Gasteiger partial charge in [-0.05, 0) is 44.5 Å². The van der Waals surface area contributed by atoms with E-state index in [1.54, 1.807) is 19.1 Å². The number of ketones is 1. The fourth-order valence-electron chi connectivity index (χ4n) is 2.60. The number of anilines is 1. The molecule has 3 heteroatoms. The molecule has 0 saturated carbocycles. The third kappa shape index (κ3) is 4.01. The Morgan fingerprint density at radius 2 is 1.74 bits per heavy atom. The van der Waals surface area contributed by atoms with Crippen LogP contribution in [-0.2, 0) is 4.79 Å². The highest BCUT2D eigenvalue weighted by molar-refractivity contribution is 6.24. The second kappa shape index (κ2) is 7.63. The molecule has 3 nitrogen and oxygen atoms in total. The number of benzene rings is 2. The van der Waals surface area contributed by atoms with Crippen molar-refractivity contribution in [2.45, 2.75) is 20.8 Å². The molecule has 2 aromatic rings. The Labute approximate surface area is 137 Å². The minimum Gasteiger partial charge on any atom is -0.507 e. The van der Waals surface area contributed by atoms with E-state index in [-0.39, 0.29) is 11.5 Å². The van der Waals surface area contributed by atoms with E-state index in [9.17, 15) is 9.90 Å². The molecular formula is C20H23NO2. The maximum Gasteiger partial charge on any atom is 0.160 e. The molecule has 0 radical (unpaired) electrons. The summed E-state index contributed by atoms with van der Waals surface area (Å²) >= 11 is 0. The van der Waals surface area contributed by atoms with Gasteiger partial charge in [-0.15, -0.1) is 0 Å². The molecule has 0 fully saturated rings. The molecule has 23 heavy (non-hydrogen) atoms. The molecule has 0 aliphatic carbocycles. The highest BCUT2D eigenvalue weighted by Gasteiger charge is 2.10. The average Bonchev–Trinajstić information content (AvgIpc) is 2.55. The summed E-state index contributed by atoms with van der Waals surface area (Å²) in [7, 11) is 0. The quantitative estimate of drug-likeness (QED) is 0.636. The molecule has 120 valence electrons. The smallest absolute Gasteiger partial charge is 0.160 e. The lowest BCUT2D eigenvalue weighted by Crippen LogP contribution is -2.21. The number of Topliss-reactive ketones (excluding diaryl/α,β-unsaturated/α-hetero) is 1. The summed E-state index contributed by atoms with van der Waals surface area (Å²) in [4.78, 5) is 14.1. The van der Waals surface area contributed by atoms with Crippen molar-refractivity contribution in [3.8, 4) is 5.75 Å². The Kier molecular flexibility index (Phi) is 5.58. The van der Waals surface area contributed by atoms with Crippen molar-refractivity contribution in [1.29, 1.82) is 0 Å². The number of rotatable bonds is 6. The molecule has 2 aromatic carbocycles. The van der Waals surface area contributed by atoms with Gasteiger partial charge in [0.1, 0.15) is 5.75 Å². The van der Waals surface area contributed by atoms with Gasteiger partial charge in [0.05, 0.1) is 0 Å². The summed E-state index contributed by atoms with van der Waals surface area (Å²) in [5.74, 6) is 0.160. The van der Waals surface area contributed by atoms with E-state index >= 15 is 0 Å². The minimum atomic E-state index is -0.0246. The van der Waals surface area contributed by atoms with Gasteiger partial charge in [-0.2, -0.15) is 0 Å². The van der Waals surface area contributed by atoms with Crippen molar-refractivity contribution in [1.82, 2.24) is 0 Å². The monoisotopic (exact) mass is 309 g/mol. The molecule has 1 N–H and O–H groups in total. The van der Waals surface area contributed by atoms with Crippen LogP contribution < -0.4 is 4.90 Å². The first-order valence-electron chi connectivity index (χ1n) is 7.92. The molecule has 0 spiro atoms. The summed E-state index contributed by atoms with van der Waals surface area (Å²) in [5, 5.41) is 10.3. The van der Waals surface area contributed by atoms with E-state index in [0.29, 0.717) is 11.1 Å². The van der Waals surface area contributed by atoms with Crippen LogP contribution in [0.25, 0.3) is 11.6 Å². The van der Waals surface area contributed by atoms with Gasteiger partial charge >= 0.3 is 0 Å². The summed E-state index contributed by atoms with van der Waals surface area (Å²) in [5.41, 5.74) is 3.08. The molecule has 0 saturated heterocycles. The number of nitrogens with zero attached hydrogens (tertiary/aromatic N) is 1. The largest absolute Gasteiger partial charge is 0.507 e. The Bertz CT molecular complexity index is 701. The third-order valence-electron chi connectivity index (χ3n) is 3.91. The van der Waals surface area contributed by atoms with E-state index < -0.39 is 0 Å². The maximum absolute atomic E-state index is 12.0.